The smallest absolute Gasteiger partial charge is 0.359 e. The molecule has 0 aromatic carbocycles. The van der Waals surface area contributed by atoms with Gasteiger partial charge in [0.1, 0.15) is 15.6 Å². The van der Waals surface area contributed by atoms with Gasteiger partial charge in [-0.15, -0.1) is 22.7 Å². The first kappa shape index (κ1) is 40.3. The van der Waals surface area contributed by atoms with Gasteiger partial charge >= 0.3 is 13.6 Å². The lowest BCUT2D eigenvalue weighted by atomic mass is 10.2. The van der Waals surface area contributed by atoms with Gasteiger partial charge in [-0.1, -0.05) is 41.4 Å². The summed E-state index contributed by atoms with van der Waals surface area (Å²) in [7, 11) is -10.4. The minimum Gasteiger partial charge on any atom is -0.504 e. The quantitative estimate of drug-likeness (QED) is 0.105. The summed E-state index contributed by atoms with van der Waals surface area (Å²) >= 11 is 13.4. The maximum atomic E-state index is 13.3. The molecule has 2 aliphatic heterocycles. The topological polar surface area (TPSA) is 228 Å². The van der Waals surface area contributed by atoms with Crippen LogP contribution in [0.1, 0.15) is 23.6 Å². The normalized spacial score (nSPS) is 16.1. The third-order valence-electron chi connectivity index (χ3n) is 6.50. The number of halogens is 2. The summed E-state index contributed by atoms with van der Waals surface area (Å²) in [6.45, 7) is 3.39. The lowest BCUT2D eigenvalue weighted by molar-refractivity contribution is -0.136. The van der Waals surface area contributed by atoms with Crippen LogP contribution in [0.3, 0.4) is 0 Å². The molecule has 276 valence electrons. The number of aromatic nitrogens is 1. The fourth-order valence-electron chi connectivity index (χ4n) is 4.40. The van der Waals surface area contributed by atoms with Crippen molar-refractivity contribution < 1.29 is 55.0 Å². The van der Waals surface area contributed by atoms with Crippen molar-refractivity contribution in [1.82, 2.24) is 14.0 Å². The lowest BCUT2D eigenvalue weighted by Gasteiger charge is -2.29. The number of carbonyl (C=O) groups excluding carboxylic acids is 2. The Morgan fingerprint density at radius 2 is 1.61 bits per heavy atom. The summed E-state index contributed by atoms with van der Waals surface area (Å²) in [4.78, 5) is 27.9. The first-order valence-electron chi connectivity index (χ1n) is 14.3. The van der Waals surface area contributed by atoms with Gasteiger partial charge in [-0.05, 0) is 38.1 Å². The Kier molecular flexibility index (Phi) is 13.0. The number of nitrogens with zero attached hydrogens (tertiary/aromatic N) is 2. The van der Waals surface area contributed by atoms with Gasteiger partial charge in [-0.3, -0.25) is 18.4 Å². The highest BCUT2D eigenvalue weighted by atomic mass is 35.5. The molecule has 4 N–H and O–H groups in total. The van der Waals surface area contributed by atoms with E-state index >= 15 is 0 Å². The summed E-state index contributed by atoms with van der Waals surface area (Å²) in [5.74, 6) is -2.69. The number of aliphatic hydroxyl groups is 2. The summed E-state index contributed by atoms with van der Waals surface area (Å²) in [6, 6.07) is 7.23. The van der Waals surface area contributed by atoms with Gasteiger partial charge in [0.2, 0.25) is 0 Å². The number of hydrogen-bond donors (Lipinski definition) is 4. The van der Waals surface area contributed by atoms with Crippen LogP contribution in [-0.4, -0.2) is 81.2 Å². The molecule has 3 aromatic rings. The van der Waals surface area contributed by atoms with Crippen molar-refractivity contribution >= 4 is 103 Å². The maximum Gasteiger partial charge on any atom is 0.359 e. The fourth-order valence-corrected chi connectivity index (χ4v) is 11.9. The van der Waals surface area contributed by atoms with Crippen LogP contribution in [0.15, 0.2) is 69.9 Å². The van der Waals surface area contributed by atoms with Crippen LogP contribution < -0.4 is 10.0 Å². The molecule has 0 radical (unpaired) electrons. The molecule has 0 bridgehead atoms. The average Bonchev–Trinajstić information content (AvgIpc) is 3.68. The van der Waals surface area contributed by atoms with E-state index in [1.54, 1.807) is 26.0 Å². The predicted octanol–water partition coefficient (Wildman–Crippen LogP) is 5.58. The van der Waals surface area contributed by atoms with Crippen molar-refractivity contribution in [3.05, 3.63) is 78.5 Å². The fraction of sp³-hybridized carbons (Fsp3) is 0.250. The highest BCUT2D eigenvalue weighted by molar-refractivity contribution is 7.90. The van der Waals surface area contributed by atoms with Gasteiger partial charge in [-0.25, -0.2) is 26.6 Å². The van der Waals surface area contributed by atoms with E-state index in [0.717, 1.165) is 34.1 Å². The SMILES string of the molecule is CCOP(=O)(C/C=C/CN1C(C(=O)Nc2ccccn2)=C(O)c2sc(Cl)cc2S1(=O)=O)OCC.COC(=O)C1=C(O)c2sc(Cl)cc2S(=O)(=O)N1. The van der Waals surface area contributed by atoms with Gasteiger partial charge in [0, 0.05) is 6.20 Å². The molecule has 51 heavy (non-hydrogen) atoms. The van der Waals surface area contributed by atoms with Crippen molar-refractivity contribution in [3.63, 3.8) is 0 Å². The molecule has 0 spiro atoms. The molecule has 5 heterocycles. The second kappa shape index (κ2) is 16.5. The number of hydrogen-bond acceptors (Lipinski definition) is 15. The van der Waals surface area contributed by atoms with Crippen LogP contribution in [0.5, 0.6) is 0 Å². The van der Waals surface area contributed by atoms with Crippen molar-refractivity contribution in [2.24, 2.45) is 0 Å². The molecule has 0 saturated carbocycles. The second-order valence-electron chi connectivity index (χ2n) is 9.81. The summed E-state index contributed by atoms with van der Waals surface area (Å²) in [6.07, 6.45) is 4.21. The molecular weight excluding hydrogens is 814 g/mol. The predicted molar refractivity (Wildman–Crippen MR) is 192 cm³/mol. The van der Waals surface area contributed by atoms with Crippen LogP contribution >= 0.6 is 53.5 Å². The van der Waals surface area contributed by atoms with E-state index in [9.17, 15) is 41.2 Å². The number of ether oxygens (including phenoxy) is 1. The maximum absolute atomic E-state index is 13.3. The molecular formula is C28H29Cl2N4O12PS4. The molecule has 0 saturated heterocycles. The number of methoxy groups -OCH3 is 1. The number of nitrogens with one attached hydrogen (secondary N) is 2. The minimum atomic E-state index is -4.24. The Morgan fingerprint density at radius 3 is 2.18 bits per heavy atom. The number of carbonyl (C=O) groups is 2. The highest BCUT2D eigenvalue weighted by Gasteiger charge is 2.41. The molecule has 1 amide bonds. The number of amides is 1. The van der Waals surface area contributed by atoms with Crippen LogP contribution in [-0.2, 0) is 48.0 Å². The Morgan fingerprint density at radius 1 is 1.00 bits per heavy atom. The molecule has 0 atom stereocenters. The number of esters is 1. The van der Waals surface area contributed by atoms with E-state index in [2.05, 4.69) is 15.0 Å². The number of fused-ring (bicyclic) bond motifs is 2. The van der Waals surface area contributed by atoms with Crippen molar-refractivity contribution in [2.45, 2.75) is 23.6 Å². The number of pyridine rings is 1. The molecule has 16 nitrogen and oxygen atoms in total. The van der Waals surface area contributed by atoms with Crippen molar-refractivity contribution in [1.29, 1.82) is 0 Å². The van der Waals surface area contributed by atoms with E-state index < -0.39 is 62.4 Å². The number of aliphatic hydroxyl groups excluding tert-OH is 2. The second-order valence-corrected chi connectivity index (χ2v) is 18.8. The Balaban J connectivity index is 0.000000286. The van der Waals surface area contributed by atoms with E-state index in [4.69, 9.17) is 32.2 Å². The Hall–Kier alpha value is -3.46. The minimum absolute atomic E-state index is 0.0224. The first-order chi connectivity index (χ1) is 24.0. The van der Waals surface area contributed by atoms with Gasteiger partial charge in [0.05, 0.1) is 51.5 Å². The number of allylic oxidation sites excluding steroid dienone is 1. The largest absolute Gasteiger partial charge is 0.504 e. The first-order valence-corrected chi connectivity index (χ1v) is 21.4. The van der Waals surface area contributed by atoms with Gasteiger partial charge in [0.15, 0.2) is 22.9 Å². The van der Waals surface area contributed by atoms with E-state index in [0.29, 0.717) is 0 Å². The zero-order valence-electron chi connectivity index (χ0n) is 26.7. The van der Waals surface area contributed by atoms with Crippen molar-refractivity contribution in [3.8, 4) is 0 Å². The molecule has 3 aromatic heterocycles. The van der Waals surface area contributed by atoms with Gasteiger partial charge in [0.25, 0.3) is 26.0 Å². The third kappa shape index (κ3) is 8.95. The third-order valence-corrected chi connectivity index (χ3v) is 14.4. The number of sulfonamides is 2. The Labute approximate surface area is 310 Å². The van der Waals surface area contributed by atoms with Crippen LogP contribution in [0.2, 0.25) is 8.67 Å². The summed E-state index contributed by atoms with van der Waals surface area (Å²) < 4.78 is 80.6. The molecule has 23 heteroatoms. The molecule has 5 rings (SSSR count). The number of thiophene rings is 2. The number of anilines is 1. The standard InChI is InChI=1S/C20H23ClN3O7PS2.C8H6ClNO5S2/c1-3-30-32(27,31-4-2)12-8-7-11-24-17(20(26)23-16-9-5-6-10-22-16)18(25)19-14(34(24,28)29)13-15(21)33-19;1-15-8(12)5-6(11)7-3(2-4(9)16-7)17(13,14)10-5/h5-10,13,25H,3-4,11-12H2,1-2H3,(H,22,23,26);2,10-11H,1H3/b8-7+;. The lowest BCUT2D eigenvalue weighted by Crippen LogP contribution is -2.39. The van der Waals surface area contributed by atoms with Crippen LogP contribution in [0.4, 0.5) is 5.82 Å². The summed E-state index contributed by atoms with van der Waals surface area (Å²) in [5, 5.41) is 23.1. The molecule has 0 fully saturated rings. The van der Waals surface area contributed by atoms with Gasteiger partial charge in [-0.2, -0.15) is 0 Å². The Bertz CT molecular complexity index is 2180. The average molecular weight is 844 g/mol. The van der Waals surface area contributed by atoms with Crippen LogP contribution in [0, 0.1) is 0 Å². The van der Waals surface area contributed by atoms with Crippen molar-refractivity contribution in [2.75, 3.05) is 38.3 Å². The molecule has 2 aliphatic rings. The zero-order chi connectivity index (χ0) is 37.7. The van der Waals surface area contributed by atoms with E-state index in [-0.39, 0.29) is 60.0 Å². The highest BCUT2D eigenvalue weighted by Crippen LogP contribution is 2.48. The summed E-state index contributed by atoms with van der Waals surface area (Å²) in [5.41, 5.74) is -1.00. The monoisotopic (exact) mass is 842 g/mol. The van der Waals surface area contributed by atoms with E-state index in [1.807, 2.05) is 4.72 Å². The van der Waals surface area contributed by atoms with E-state index in [1.165, 1.54) is 36.5 Å². The zero-order valence-corrected chi connectivity index (χ0v) is 32.3. The number of rotatable bonds is 11. The molecule has 0 unspecified atom stereocenters. The van der Waals surface area contributed by atoms with Crippen LogP contribution in [0.25, 0.3) is 11.5 Å². The molecule has 0 aliphatic carbocycles. The van der Waals surface area contributed by atoms with Gasteiger partial charge < -0.3 is 29.3 Å².